The number of methoxy groups -OCH3 is 2. The zero-order valence-electron chi connectivity index (χ0n) is 17.2. The van der Waals surface area contributed by atoms with Crippen molar-refractivity contribution in [1.82, 2.24) is 10.6 Å². The number of ether oxygens (including phenoxy) is 2. The van der Waals surface area contributed by atoms with Crippen molar-refractivity contribution in [2.45, 2.75) is 13.3 Å². The normalized spacial score (nSPS) is 10.4. The molecule has 2 rings (SSSR count). The molecule has 0 aromatic heterocycles. The van der Waals surface area contributed by atoms with Crippen LogP contribution in [0.1, 0.15) is 29.3 Å². The maximum absolute atomic E-state index is 12.3. The topological polar surface area (TPSA) is 88.7 Å². The van der Waals surface area contributed by atoms with E-state index in [9.17, 15) is 9.59 Å². The lowest BCUT2D eigenvalue weighted by Gasteiger charge is -2.12. The smallest absolute Gasteiger partial charge is 0.253 e. The molecule has 0 saturated heterocycles. The predicted octanol–water partition coefficient (Wildman–Crippen LogP) is 3.37. The lowest BCUT2D eigenvalue weighted by molar-refractivity contribution is -0.115. The standard InChI is InChI=1S/C22H25N3O4S/c1-4-13-23-21(27)16-7-5-6-8-17(16)24-22(30)25-20(26)12-10-15-9-11-18(28-2)19(14-15)29-3/h5-12,14H,4,13H2,1-3H3,(H,23,27)(H2,24,25,26,30)/b12-10+. The fourth-order valence-electron chi connectivity index (χ4n) is 2.56. The fraction of sp³-hybridized carbons (Fsp3) is 0.227. The van der Waals surface area contributed by atoms with Gasteiger partial charge in [0.1, 0.15) is 0 Å². The number of benzene rings is 2. The number of carbonyl (C=O) groups excluding carboxylic acids is 2. The highest BCUT2D eigenvalue weighted by molar-refractivity contribution is 7.80. The van der Waals surface area contributed by atoms with Gasteiger partial charge in [0.15, 0.2) is 16.6 Å². The van der Waals surface area contributed by atoms with Crippen molar-refractivity contribution >= 4 is 40.9 Å². The molecule has 0 unspecified atom stereocenters. The second kappa shape index (κ2) is 11.6. The Morgan fingerprint density at radius 3 is 2.50 bits per heavy atom. The third-order valence-electron chi connectivity index (χ3n) is 4.03. The first-order valence-electron chi connectivity index (χ1n) is 9.37. The maximum Gasteiger partial charge on any atom is 0.253 e. The molecular weight excluding hydrogens is 402 g/mol. The van der Waals surface area contributed by atoms with Crippen LogP contribution in [0.15, 0.2) is 48.5 Å². The highest BCUT2D eigenvalue weighted by Crippen LogP contribution is 2.27. The Labute approximate surface area is 181 Å². The van der Waals surface area contributed by atoms with Gasteiger partial charge in [0.2, 0.25) is 5.91 Å². The van der Waals surface area contributed by atoms with Crippen molar-refractivity contribution < 1.29 is 19.1 Å². The number of nitrogens with one attached hydrogen (secondary N) is 3. The Hall–Kier alpha value is -3.39. The van der Waals surface area contributed by atoms with E-state index in [0.29, 0.717) is 29.3 Å². The number of rotatable bonds is 8. The molecule has 8 heteroatoms. The van der Waals surface area contributed by atoms with Crippen LogP contribution in [0.3, 0.4) is 0 Å². The predicted molar refractivity (Wildman–Crippen MR) is 122 cm³/mol. The summed E-state index contributed by atoms with van der Waals surface area (Å²) in [4.78, 5) is 24.5. The van der Waals surface area contributed by atoms with Crippen molar-refractivity contribution in [3.63, 3.8) is 0 Å². The first-order chi connectivity index (χ1) is 14.5. The third kappa shape index (κ3) is 6.59. The molecule has 0 spiro atoms. The van der Waals surface area contributed by atoms with Crippen LogP contribution >= 0.6 is 12.2 Å². The largest absolute Gasteiger partial charge is 0.493 e. The second-order valence-corrected chi connectivity index (χ2v) is 6.60. The van der Waals surface area contributed by atoms with Gasteiger partial charge in [-0.3, -0.25) is 14.9 Å². The third-order valence-corrected chi connectivity index (χ3v) is 4.23. The molecule has 2 aromatic rings. The molecule has 0 fully saturated rings. The second-order valence-electron chi connectivity index (χ2n) is 6.19. The van der Waals surface area contributed by atoms with E-state index < -0.39 is 5.91 Å². The van der Waals surface area contributed by atoms with Crippen LogP contribution < -0.4 is 25.4 Å². The Balaban J connectivity index is 1.99. The highest BCUT2D eigenvalue weighted by Gasteiger charge is 2.12. The first-order valence-corrected chi connectivity index (χ1v) is 9.78. The highest BCUT2D eigenvalue weighted by atomic mass is 32.1. The average molecular weight is 428 g/mol. The van der Waals surface area contributed by atoms with E-state index >= 15 is 0 Å². The molecule has 0 aliphatic rings. The molecule has 7 nitrogen and oxygen atoms in total. The summed E-state index contributed by atoms with van der Waals surface area (Å²) in [6.07, 6.45) is 3.82. The number of carbonyl (C=O) groups is 2. The summed E-state index contributed by atoms with van der Waals surface area (Å²) in [6.45, 7) is 2.56. The van der Waals surface area contributed by atoms with E-state index in [2.05, 4.69) is 16.0 Å². The van der Waals surface area contributed by atoms with E-state index in [0.717, 1.165) is 12.0 Å². The number of hydrogen-bond donors (Lipinski definition) is 3. The molecular formula is C22H25N3O4S. The summed E-state index contributed by atoms with van der Waals surface area (Å²) in [5.41, 5.74) is 1.73. The van der Waals surface area contributed by atoms with Crippen LogP contribution in [0.4, 0.5) is 5.69 Å². The minimum atomic E-state index is -0.407. The molecule has 3 N–H and O–H groups in total. The van der Waals surface area contributed by atoms with Gasteiger partial charge in [-0.05, 0) is 54.5 Å². The van der Waals surface area contributed by atoms with Gasteiger partial charge in [-0.2, -0.15) is 0 Å². The Morgan fingerprint density at radius 1 is 1.07 bits per heavy atom. The summed E-state index contributed by atoms with van der Waals surface area (Å²) < 4.78 is 10.4. The van der Waals surface area contributed by atoms with E-state index in [4.69, 9.17) is 21.7 Å². The van der Waals surface area contributed by atoms with Crippen molar-refractivity contribution in [3.05, 3.63) is 59.7 Å². The molecule has 0 atom stereocenters. The zero-order chi connectivity index (χ0) is 21.9. The lowest BCUT2D eigenvalue weighted by Crippen LogP contribution is -2.34. The Bertz CT molecular complexity index is 944. The van der Waals surface area contributed by atoms with Gasteiger partial charge in [0.05, 0.1) is 25.5 Å². The first kappa shape index (κ1) is 22.9. The van der Waals surface area contributed by atoms with Gasteiger partial charge in [-0.15, -0.1) is 0 Å². The zero-order valence-corrected chi connectivity index (χ0v) is 18.0. The lowest BCUT2D eigenvalue weighted by atomic mass is 10.1. The molecule has 0 radical (unpaired) electrons. The van der Waals surface area contributed by atoms with Gasteiger partial charge in [0, 0.05) is 12.6 Å². The summed E-state index contributed by atoms with van der Waals surface area (Å²) in [7, 11) is 3.10. The van der Waals surface area contributed by atoms with Gasteiger partial charge >= 0.3 is 0 Å². The van der Waals surface area contributed by atoms with Crippen LogP contribution in [0.25, 0.3) is 6.08 Å². The monoisotopic (exact) mass is 427 g/mol. The van der Waals surface area contributed by atoms with E-state index in [1.54, 1.807) is 62.8 Å². The molecule has 2 aromatic carbocycles. The van der Waals surface area contributed by atoms with Gasteiger partial charge < -0.3 is 20.1 Å². The van der Waals surface area contributed by atoms with Gasteiger partial charge in [-0.25, -0.2) is 0 Å². The minimum Gasteiger partial charge on any atom is -0.493 e. The van der Waals surface area contributed by atoms with Crippen molar-refractivity contribution in [2.75, 3.05) is 26.1 Å². The van der Waals surface area contributed by atoms with Crippen LogP contribution in [-0.4, -0.2) is 37.7 Å². The molecule has 0 aliphatic heterocycles. The molecule has 0 aliphatic carbocycles. The number of thiocarbonyl (C=S) groups is 1. The quantitative estimate of drug-likeness (QED) is 0.442. The average Bonchev–Trinajstić information content (AvgIpc) is 2.76. The Kier molecular flexibility index (Phi) is 8.83. The van der Waals surface area contributed by atoms with E-state index in [-0.39, 0.29) is 11.0 Å². The number of hydrogen-bond acceptors (Lipinski definition) is 5. The molecule has 158 valence electrons. The van der Waals surface area contributed by atoms with Crippen LogP contribution in [-0.2, 0) is 4.79 Å². The molecule has 30 heavy (non-hydrogen) atoms. The van der Waals surface area contributed by atoms with Gasteiger partial charge in [-0.1, -0.05) is 25.1 Å². The van der Waals surface area contributed by atoms with Crippen LogP contribution in [0.2, 0.25) is 0 Å². The fourth-order valence-corrected chi connectivity index (χ4v) is 2.77. The van der Waals surface area contributed by atoms with Crippen molar-refractivity contribution in [1.29, 1.82) is 0 Å². The summed E-state index contributed by atoms with van der Waals surface area (Å²) in [5, 5.41) is 8.37. The van der Waals surface area contributed by atoms with Crippen LogP contribution in [0, 0.1) is 0 Å². The number of para-hydroxylation sites is 1. The van der Waals surface area contributed by atoms with Crippen LogP contribution in [0.5, 0.6) is 11.5 Å². The van der Waals surface area contributed by atoms with E-state index in [1.165, 1.54) is 6.08 Å². The molecule has 0 heterocycles. The molecule has 0 bridgehead atoms. The van der Waals surface area contributed by atoms with Gasteiger partial charge in [0.25, 0.3) is 5.91 Å². The summed E-state index contributed by atoms with van der Waals surface area (Å²) in [6, 6.07) is 12.3. The minimum absolute atomic E-state index is 0.0905. The molecule has 2 amide bonds. The maximum atomic E-state index is 12.3. The van der Waals surface area contributed by atoms with Crippen molar-refractivity contribution in [2.24, 2.45) is 0 Å². The summed E-state index contributed by atoms with van der Waals surface area (Å²) in [5.74, 6) is 0.555. The number of amides is 2. The Morgan fingerprint density at radius 2 is 1.80 bits per heavy atom. The van der Waals surface area contributed by atoms with E-state index in [1.807, 2.05) is 6.92 Å². The summed E-state index contributed by atoms with van der Waals surface area (Å²) >= 11 is 5.20. The SMILES string of the molecule is CCCNC(=O)c1ccccc1NC(=S)NC(=O)/C=C/c1ccc(OC)c(OC)c1. The molecule has 0 saturated carbocycles. The number of anilines is 1. The van der Waals surface area contributed by atoms with Crippen molar-refractivity contribution in [3.8, 4) is 11.5 Å².